The third-order valence-electron chi connectivity index (χ3n) is 6.15. The summed E-state index contributed by atoms with van der Waals surface area (Å²) in [5, 5.41) is 28.9. The van der Waals surface area contributed by atoms with E-state index in [1.54, 1.807) is 54.6 Å². The van der Waals surface area contributed by atoms with Crippen LogP contribution in [-0.2, 0) is 0 Å². The fraction of sp³-hybridized carbons (Fsp3) is 0.0345. The van der Waals surface area contributed by atoms with Gasteiger partial charge in [-0.05, 0) is 18.2 Å². The first-order valence-electron chi connectivity index (χ1n) is 11.5. The van der Waals surface area contributed by atoms with Gasteiger partial charge in [0.1, 0.15) is 34.3 Å². The molecule has 4 aromatic rings. The fourth-order valence-electron chi connectivity index (χ4n) is 4.33. The van der Waals surface area contributed by atoms with Crippen molar-refractivity contribution in [1.29, 1.82) is 10.5 Å². The molecule has 1 aliphatic heterocycles. The Morgan fingerprint density at radius 2 is 1.38 bits per heavy atom. The van der Waals surface area contributed by atoms with Crippen molar-refractivity contribution in [2.75, 3.05) is 5.73 Å². The first-order chi connectivity index (χ1) is 18.9. The number of para-hydroxylation sites is 1. The number of benzene rings is 3. The molecule has 9 nitrogen and oxygen atoms in total. The van der Waals surface area contributed by atoms with Crippen molar-refractivity contribution in [2.45, 2.75) is 10.4 Å². The van der Waals surface area contributed by atoms with Crippen LogP contribution in [0.2, 0.25) is 0 Å². The van der Waals surface area contributed by atoms with Gasteiger partial charge < -0.3 is 10.8 Å². The molecule has 2 heterocycles. The molecule has 1 aliphatic rings. The topological polar surface area (TPSA) is 161 Å². The Kier molecular flexibility index (Phi) is 6.55. The number of phenolic OH excluding ortho intramolecular Hbond substituents is 1. The van der Waals surface area contributed by atoms with Crippen molar-refractivity contribution in [1.82, 2.24) is 9.88 Å². The number of hydrogen-bond donors (Lipinski definition) is 2. The molecule has 0 spiro atoms. The summed E-state index contributed by atoms with van der Waals surface area (Å²) in [5.74, 6) is -2.36. The first kappa shape index (κ1) is 25.2. The zero-order valence-electron chi connectivity index (χ0n) is 20.0. The summed E-state index contributed by atoms with van der Waals surface area (Å²) in [7, 11) is 0. The highest BCUT2D eigenvalue weighted by molar-refractivity contribution is 8.00. The van der Waals surface area contributed by atoms with Gasteiger partial charge in [0.15, 0.2) is 11.2 Å². The number of thioether (sulfide) groups is 1. The Morgan fingerprint density at radius 1 is 0.846 bits per heavy atom. The molecule has 0 fully saturated rings. The monoisotopic (exact) mass is 531 g/mol. The van der Waals surface area contributed by atoms with Gasteiger partial charge in [0.2, 0.25) is 0 Å². The maximum absolute atomic E-state index is 13.8. The van der Waals surface area contributed by atoms with Crippen LogP contribution in [0.5, 0.6) is 5.75 Å². The minimum atomic E-state index is -1.45. The Bertz CT molecular complexity index is 1720. The van der Waals surface area contributed by atoms with Crippen molar-refractivity contribution in [3.8, 4) is 29.0 Å². The summed E-state index contributed by atoms with van der Waals surface area (Å²) in [6.07, 6.45) is 0. The first-order valence-corrected chi connectivity index (χ1v) is 12.4. The summed E-state index contributed by atoms with van der Waals surface area (Å²) in [4.78, 5) is 45.6. The molecule has 2 amide bonds. The zero-order chi connectivity index (χ0) is 27.7. The number of fused-ring (bicyclic) bond motifs is 1. The average Bonchev–Trinajstić information content (AvgIpc) is 3.21. The lowest BCUT2D eigenvalue weighted by molar-refractivity contribution is 0.0602. The number of imide groups is 1. The molecule has 1 aromatic heterocycles. The number of nitrogens with zero attached hydrogens (tertiary/aromatic N) is 4. The molecule has 1 unspecified atom stereocenters. The van der Waals surface area contributed by atoms with E-state index < -0.39 is 23.0 Å². The van der Waals surface area contributed by atoms with E-state index in [4.69, 9.17) is 5.73 Å². The molecule has 10 heteroatoms. The number of rotatable bonds is 6. The lowest BCUT2D eigenvalue weighted by Gasteiger charge is -2.25. The molecule has 0 saturated carbocycles. The average molecular weight is 532 g/mol. The SMILES string of the molecule is N#Cc1c(N)nc(SC(C(=O)c2ccccc2)N2C(=O)c3ccccc3C2=O)c(C#N)c1-c1ccccc1O. The van der Waals surface area contributed by atoms with Gasteiger partial charge in [0, 0.05) is 16.7 Å². The molecule has 5 rings (SSSR count). The number of nitriles is 2. The molecule has 1 atom stereocenters. The number of carbonyl (C=O) groups is 3. The largest absolute Gasteiger partial charge is 0.507 e. The molecular formula is C29H17N5O4S. The predicted molar refractivity (Wildman–Crippen MR) is 143 cm³/mol. The van der Waals surface area contributed by atoms with Crippen LogP contribution in [-0.4, -0.2) is 38.0 Å². The van der Waals surface area contributed by atoms with E-state index in [1.807, 2.05) is 12.1 Å². The van der Waals surface area contributed by atoms with Gasteiger partial charge in [-0.2, -0.15) is 10.5 Å². The molecule has 0 bridgehead atoms. The van der Waals surface area contributed by atoms with Gasteiger partial charge in [-0.15, -0.1) is 0 Å². The lowest BCUT2D eigenvalue weighted by Crippen LogP contribution is -2.43. The Morgan fingerprint density at radius 3 is 1.95 bits per heavy atom. The van der Waals surface area contributed by atoms with E-state index in [-0.39, 0.29) is 55.5 Å². The molecule has 39 heavy (non-hydrogen) atoms. The number of aromatic hydroxyl groups is 1. The number of nitrogen functional groups attached to an aromatic ring is 1. The standard InChI is InChI=1S/C29H17N5O4S/c30-14-20-23(19-12-6-7-13-22(19)35)21(15-31)26(33-25(20)32)39-29(24(36)16-8-2-1-3-9-16)34-27(37)17-10-4-5-11-18(17)28(34)38/h1-13,29,35H,(H2,32,33). The van der Waals surface area contributed by atoms with Crippen LogP contribution in [0.3, 0.4) is 0 Å². The number of nitrogens with two attached hydrogens (primary N) is 1. The minimum Gasteiger partial charge on any atom is -0.507 e. The number of carbonyl (C=O) groups excluding carboxylic acids is 3. The van der Waals surface area contributed by atoms with Crippen LogP contribution < -0.4 is 5.73 Å². The van der Waals surface area contributed by atoms with Gasteiger partial charge in [0.25, 0.3) is 11.8 Å². The van der Waals surface area contributed by atoms with E-state index in [2.05, 4.69) is 4.98 Å². The van der Waals surface area contributed by atoms with Crippen molar-refractivity contribution in [3.05, 3.63) is 107 Å². The van der Waals surface area contributed by atoms with E-state index in [0.717, 1.165) is 4.90 Å². The van der Waals surface area contributed by atoms with E-state index in [0.29, 0.717) is 11.8 Å². The second-order valence-corrected chi connectivity index (χ2v) is 9.46. The van der Waals surface area contributed by atoms with Crippen LogP contribution in [0.25, 0.3) is 11.1 Å². The summed E-state index contributed by atoms with van der Waals surface area (Å²) >= 11 is 0.696. The lowest BCUT2D eigenvalue weighted by atomic mass is 9.96. The maximum Gasteiger partial charge on any atom is 0.262 e. The molecule has 3 N–H and O–H groups in total. The van der Waals surface area contributed by atoms with E-state index >= 15 is 0 Å². The molecule has 188 valence electrons. The Hall–Kier alpha value is -5.45. The fourth-order valence-corrected chi connectivity index (χ4v) is 5.50. The quantitative estimate of drug-likeness (QED) is 0.209. The number of ketones is 1. The van der Waals surface area contributed by atoms with Crippen LogP contribution >= 0.6 is 11.8 Å². The van der Waals surface area contributed by atoms with Crippen molar-refractivity contribution < 1.29 is 19.5 Å². The second kappa shape index (κ2) is 10.1. The highest BCUT2D eigenvalue weighted by Crippen LogP contribution is 2.42. The third kappa shape index (κ3) is 4.25. The van der Waals surface area contributed by atoms with Gasteiger partial charge in [-0.25, -0.2) is 4.98 Å². The number of Topliss-reactive ketones (excluding diaryl/α,β-unsaturated/α-hetero) is 1. The molecule has 0 saturated heterocycles. The highest BCUT2D eigenvalue weighted by Gasteiger charge is 2.44. The third-order valence-corrected chi connectivity index (χ3v) is 7.32. The van der Waals surface area contributed by atoms with Crippen molar-refractivity contribution in [3.63, 3.8) is 0 Å². The molecule has 0 radical (unpaired) electrons. The van der Waals surface area contributed by atoms with Gasteiger partial charge in [-0.3, -0.25) is 19.3 Å². The van der Waals surface area contributed by atoms with Crippen LogP contribution in [0.4, 0.5) is 5.82 Å². The smallest absolute Gasteiger partial charge is 0.262 e. The number of pyridine rings is 1. The Labute approximate surface area is 226 Å². The summed E-state index contributed by atoms with van der Waals surface area (Å²) < 4.78 is 0. The number of anilines is 1. The molecule has 0 aliphatic carbocycles. The summed E-state index contributed by atoms with van der Waals surface area (Å²) in [5.41, 5.74) is 6.55. The minimum absolute atomic E-state index is 0.0290. The van der Waals surface area contributed by atoms with E-state index in [9.17, 15) is 30.0 Å². The second-order valence-electron chi connectivity index (χ2n) is 8.39. The normalized spacial score (nSPS) is 12.9. The van der Waals surface area contributed by atoms with Crippen LogP contribution in [0.1, 0.15) is 42.2 Å². The van der Waals surface area contributed by atoms with Crippen molar-refractivity contribution >= 4 is 35.2 Å². The maximum atomic E-state index is 13.8. The number of phenols is 1. The summed E-state index contributed by atoms with van der Waals surface area (Å²) in [6.45, 7) is 0. The van der Waals surface area contributed by atoms with Crippen molar-refractivity contribution in [2.24, 2.45) is 0 Å². The van der Waals surface area contributed by atoms with Gasteiger partial charge >= 0.3 is 0 Å². The van der Waals surface area contributed by atoms with E-state index in [1.165, 1.54) is 24.3 Å². The zero-order valence-corrected chi connectivity index (χ0v) is 20.8. The number of hydrogen-bond acceptors (Lipinski definition) is 9. The molecular weight excluding hydrogens is 514 g/mol. The molecule has 3 aromatic carbocycles. The summed E-state index contributed by atoms with van der Waals surface area (Å²) in [6, 6.07) is 24.4. The highest BCUT2D eigenvalue weighted by atomic mass is 32.2. The van der Waals surface area contributed by atoms with Crippen LogP contribution in [0, 0.1) is 22.7 Å². The number of aromatic nitrogens is 1. The Balaban J connectivity index is 1.70. The number of amides is 2. The van der Waals surface area contributed by atoms with Gasteiger partial charge in [-0.1, -0.05) is 72.4 Å². The van der Waals surface area contributed by atoms with Crippen LogP contribution in [0.15, 0.2) is 83.9 Å². The van der Waals surface area contributed by atoms with Gasteiger partial charge in [0.05, 0.1) is 16.7 Å². The predicted octanol–water partition coefficient (Wildman–Crippen LogP) is 4.38.